The second-order valence-corrected chi connectivity index (χ2v) is 5.98. The zero-order chi connectivity index (χ0) is 13.2. The normalized spacial score (nSPS) is 12.6. The number of rotatable bonds is 9. The summed E-state index contributed by atoms with van der Waals surface area (Å²) >= 11 is 7.80. The highest BCUT2D eigenvalue weighted by molar-refractivity contribution is 7.99. The molecule has 0 spiro atoms. The first-order valence-electron chi connectivity index (χ1n) is 6.70. The smallest absolute Gasteiger partial charge is 0.115 e. The van der Waals surface area contributed by atoms with Crippen LogP contribution in [0.2, 0.25) is 5.02 Å². The number of aromatic nitrogens is 1. The highest BCUT2D eigenvalue weighted by Crippen LogP contribution is 2.24. The van der Waals surface area contributed by atoms with Crippen molar-refractivity contribution in [1.29, 1.82) is 0 Å². The predicted octanol–water partition coefficient (Wildman–Crippen LogP) is 4.39. The van der Waals surface area contributed by atoms with Gasteiger partial charge in [0.15, 0.2) is 0 Å². The zero-order valence-corrected chi connectivity index (χ0v) is 12.9. The molecule has 0 amide bonds. The average Bonchev–Trinajstić information content (AvgIpc) is 2.38. The van der Waals surface area contributed by atoms with Crippen LogP contribution in [0.1, 0.15) is 39.5 Å². The summed E-state index contributed by atoms with van der Waals surface area (Å²) in [6.07, 6.45) is 6.73. The summed E-state index contributed by atoms with van der Waals surface area (Å²) < 4.78 is 0. The molecule has 0 radical (unpaired) electrons. The topological polar surface area (TPSA) is 24.9 Å². The van der Waals surface area contributed by atoms with E-state index < -0.39 is 0 Å². The third-order valence-corrected chi connectivity index (χ3v) is 4.25. The molecule has 4 heteroatoms. The lowest BCUT2D eigenvalue weighted by Gasteiger charge is -2.12. The van der Waals surface area contributed by atoms with Crippen molar-refractivity contribution < 1.29 is 0 Å². The number of thioether (sulfide) groups is 1. The van der Waals surface area contributed by atoms with Crippen LogP contribution in [-0.2, 0) is 0 Å². The fraction of sp³-hybridized carbons (Fsp3) is 0.643. The Morgan fingerprint density at radius 1 is 1.44 bits per heavy atom. The Balaban J connectivity index is 2.07. The first kappa shape index (κ1) is 15.8. The number of pyridine rings is 1. The lowest BCUT2D eigenvalue weighted by Crippen LogP contribution is -2.26. The molecule has 1 heterocycles. The number of halogens is 1. The molecule has 0 bridgehead atoms. The monoisotopic (exact) mass is 286 g/mol. The van der Waals surface area contributed by atoms with Crippen LogP contribution in [-0.4, -0.2) is 23.3 Å². The van der Waals surface area contributed by atoms with E-state index in [1.807, 2.05) is 12.1 Å². The summed E-state index contributed by atoms with van der Waals surface area (Å²) in [7, 11) is 0. The SMILES string of the molecule is CCCNC(C)CCCCSc1ncccc1Cl. The Hall–Kier alpha value is -0.250. The first-order chi connectivity index (χ1) is 8.74. The molecule has 0 aliphatic rings. The van der Waals surface area contributed by atoms with Crippen LogP contribution in [0.4, 0.5) is 0 Å². The molecule has 0 aliphatic carbocycles. The third kappa shape index (κ3) is 6.62. The number of hydrogen-bond donors (Lipinski definition) is 1. The predicted molar refractivity (Wildman–Crippen MR) is 81.6 cm³/mol. The Morgan fingerprint density at radius 2 is 2.28 bits per heavy atom. The summed E-state index contributed by atoms with van der Waals surface area (Å²) in [6.45, 7) is 5.59. The minimum atomic E-state index is 0.633. The molecule has 0 saturated heterocycles. The maximum atomic E-state index is 6.05. The maximum absolute atomic E-state index is 6.05. The van der Waals surface area contributed by atoms with Gasteiger partial charge in [-0.05, 0) is 50.6 Å². The van der Waals surface area contributed by atoms with Gasteiger partial charge in [0, 0.05) is 12.2 Å². The van der Waals surface area contributed by atoms with Crippen molar-refractivity contribution in [2.75, 3.05) is 12.3 Å². The molecular weight excluding hydrogens is 264 g/mol. The molecule has 2 nitrogen and oxygen atoms in total. The second kappa shape index (κ2) is 9.65. The molecule has 0 aromatic carbocycles. The number of hydrogen-bond acceptors (Lipinski definition) is 3. The molecule has 1 unspecified atom stereocenters. The van der Waals surface area contributed by atoms with Crippen molar-refractivity contribution in [2.45, 2.75) is 50.6 Å². The van der Waals surface area contributed by atoms with Gasteiger partial charge in [-0.2, -0.15) is 0 Å². The molecule has 1 N–H and O–H groups in total. The molecule has 1 aromatic rings. The van der Waals surface area contributed by atoms with Gasteiger partial charge in [0.25, 0.3) is 0 Å². The molecule has 102 valence electrons. The molecular formula is C14H23ClN2S. The zero-order valence-electron chi connectivity index (χ0n) is 11.3. The quantitative estimate of drug-likeness (QED) is 0.538. The van der Waals surface area contributed by atoms with Gasteiger partial charge in [-0.15, -0.1) is 11.8 Å². The fourth-order valence-electron chi connectivity index (χ4n) is 1.69. The second-order valence-electron chi connectivity index (χ2n) is 4.49. The standard InChI is InChI=1S/C14H23ClN2S/c1-3-9-16-12(2)7-4-5-11-18-14-13(15)8-6-10-17-14/h6,8,10,12,16H,3-5,7,9,11H2,1-2H3. The van der Waals surface area contributed by atoms with Crippen LogP contribution in [0.3, 0.4) is 0 Å². The first-order valence-corrected chi connectivity index (χ1v) is 8.07. The van der Waals surface area contributed by atoms with Crippen LogP contribution in [0.15, 0.2) is 23.4 Å². The molecule has 1 rings (SSSR count). The fourth-order valence-corrected chi connectivity index (χ4v) is 2.86. The Kier molecular flexibility index (Phi) is 8.47. The van der Waals surface area contributed by atoms with Gasteiger partial charge in [0.1, 0.15) is 5.03 Å². The number of nitrogens with one attached hydrogen (secondary N) is 1. The summed E-state index contributed by atoms with van der Waals surface area (Å²) in [5.74, 6) is 1.09. The van der Waals surface area contributed by atoms with E-state index in [1.54, 1.807) is 18.0 Å². The van der Waals surface area contributed by atoms with Gasteiger partial charge >= 0.3 is 0 Å². The van der Waals surface area contributed by atoms with E-state index in [0.717, 1.165) is 22.3 Å². The Labute approximate surface area is 120 Å². The van der Waals surface area contributed by atoms with Gasteiger partial charge in [-0.1, -0.05) is 24.9 Å². The Bertz CT molecular complexity index is 333. The highest BCUT2D eigenvalue weighted by atomic mass is 35.5. The van der Waals surface area contributed by atoms with Gasteiger partial charge in [-0.25, -0.2) is 4.98 Å². The number of nitrogens with zero attached hydrogens (tertiary/aromatic N) is 1. The van der Waals surface area contributed by atoms with Gasteiger partial charge in [-0.3, -0.25) is 0 Å². The summed E-state index contributed by atoms with van der Waals surface area (Å²) in [5, 5.41) is 5.23. The highest BCUT2D eigenvalue weighted by Gasteiger charge is 2.02. The van der Waals surface area contributed by atoms with Crippen molar-refractivity contribution in [2.24, 2.45) is 0 Å². The molecule has 0 aliphatic heterocycles. The minimum absolute atomic E-state index is 0.633. The van der Waals surface area contributed by atoms with E-state index in [-0.39, 0.29) is 0 Å². The van der Waals surface area contributed by atoms with Gasteiger partial charge in [0.05, 0.1) is 5.02 Å². The van der Waals surface area contributed by atoms with Crippen LogP contribution >= 0.6 is 23.4 Å². The number of unbranched alkanes of at least 4 members (excludes halogenated alkanes) is 1. The molecule has 1 atom stereocenters. The average molecular weight is 287 g/mol. The largest absolute Gasteiger partial charge is 0.314 e. The van der Waals surface area contributed by atoms with E-state index in [4.69, 9.17) is 11.6 Å². The maximum Gasteiger partial charge on any atom is 0.115 e. The lowest BCUT2D eigenvalue weighted by atomic mass is 10.1. The molecule has 1 aromatic heterocycles. The van der Waals surface area contributed by atoms with Crippen molar-refractivity contribution in [3.63, 3.8) is 0 Å². The van der Waals surface area contributed by atoms with Crippen molar-refractivity contribution >= 4 is 23.4 Å². The van der Waals surface area contributed by atoms with E-state index in [9.17, 15) is 0 Å². The van der Waals surface area contributed by atoms with E-state index in [0.29, 0.717) is 6.04 Å². The van der Waals surface area contributed by atoms with Crippen molar-refractivity contribution in [3.05, 3.63) is 23.4 Å². The van der Waals surface area contributed by atoms with E-state index in [2.05, 4.69) is 24.1 Å². The summed E-state index contributed by atoms with van der Waals surface area (Å²) in [6, 6.07) is 4.40. The van der Waals surface area contributed by atoms with E-state index >= 15 is 0 Å². The third-order valence-electron chi connectivity index (χ3n) is 2.74. The molecule has 0 fully saturated rings. The van der Waals surface area contributed by atoms with E-state index in [1.165, 1.54) is 25.7 Å². The van der Waals surface area contributed by atoms with Crippen LogP contribution in [0.5, 0.6) is 0 Å². The lowest BCUT2D eigenvalue weighted by molar-refractivity contribution is 0.496. The van der Waals surface area contributed by atoms with Crippen LogP contribution in [0.25, 0.3) is 0 Å². The van der Waals surface area contributed by atoms with Gasteiger partial charge < -0.3 is 5.32 Å². The van der Waals surface area contributed by atoms with Crippen molar-refractivity contribution in [1.82, 2.24) is 10.3 Å². The summed E-state index contributed by atoms with van der Waals surface area (Å²) in [4.78, 5) is 4.27. The minimum Gasteiger partial charge on any atom is -0.314 e. The van der Waals surface area contributed by atoms with Gasteiger partial charge in [0.2, 0.25) is 0 Å². The van der Waals surface area contributed by atoms with Crippen LogP contribution in [0, 0.1) is 0 Å². The van der Waals surface area contributed by atoms with Crippen LogP contribution < -0.4 is 5.32 Å². The molecule has 0 saturated carbocycles. The van der Waals surface area contributed by atoms with Crippen molar-refractivity contribution in [3.8, 4) is 0 Å². The Morgan fingerprint density at radius 3 is 3.00 bits per heavy atom. The molecule has 18 heavy (non-hydrogen) atoms. The summed E-state index contributed by atoms with van der Waals surface area (Å²) in [5.41, 5.74) is 0.